The van der Waals surface area contributed by atoms with E-state index in [4.69, 9.17) is 0 Å². The maximum Gasteiger partial charge on any atom is 0.416 e. The summed E-state index contributed by atoms with van der Waals surface area (Å²) in [6.07, 6.45) is 0.316. The minimum atomic E-state index is -4.36. The third-order valence-electron chi connectivity index (χ3n) is 5.27. The summed E-state index contributed by atoms with van der Waals surface area (Å²) < 4.78 is 38.8. The van der Waals surface area contributed by atoms with Gasteiger partial charge in [0.05, 0.1) is 11.1 Å². The molecule has 0 aromatic heterocycles. The average Bonchev–Trinajstić information content (AvgIpc) is 3.01. The molecular weight excluding hydrogens is 353 g/mol. The number of alkyl halides is 3. The monoisotopic (exact) mass is 376 g/mol. The minimum absolute atomic E-state index is 0. The van der Waals surface area contributed by atoms with Crippen LogP contribution in [0.1, 0.15) is 49.7 Å². The summed E-state index contributed by atoms with van der Waals surface area (Å²) in [5.74, 6) is 0.473. The van der Waals surface area contributed by atoms with E-state index in [1.165, 1.54) is 12.1 Å². The number of carbonyl (C=O) groups excluding carboxylic acids is 1. The predicted molar refractivity (Wildman–Crippen MR) is 92.6 cm³/mol. The number of carbonyl (C=O) groups is 1. The van der Waals surface area contributed by atoms with E-state index in [-0.39, 0.29) is 18.3 Å². The van der Waals surface area contributed by atoms with Gasteiger partial charge in [0.2, 0.25) is 5.91 Å². The molecule has 0 radical (unpaired) electrons. The van der Waals surface area contributed by atoms with Crippen LogP contribution < -0.4 is 10.6 Å². The molecule has 1 heterocycles. The van der Waals surface area contributed by atoms with Crippen molar-refractivity contribution in [3.8, 4) is 0 Å². The number of halogens is 4. The molecule has 1 aliphatic carbocycles. The van der Waals surface area contributed by atoms with E-state index < -0.39 is 17.3 Å². The van der Waals surface area contributed by atoms with Crippen molar-refractivity contribution in [3.05, 3.63) is 35.4 Å². The summed E-state index contributed by atoms with van der Waals surface area (Å²) in [6, 6.07) is 5.37. The van der Waals surface area contributed by atoms with Gasteiger partial charge in [-0.2, -0.15) is 13.2 Å². The molecule has 1 aliphatic heterocycles. The van der Waals surface area contributed by atoms with Crippen LogP contribution >= 0.6 is 12.4 Å². The zero-order valence-corrected chi connectivity index (χ0v) is 14.8. The Morgan fingerprint density at radius 3 is 2.64 bits per heavy atom. The first kappa shape index (κ1) is 20.0. The molecule has 1 aromatic carbocycles. The molecule has 2 aliphatic rings. The van der Waals surface area contributed by atoms with Crippen molar-refractivity contribution in [3.63, 3.8) is 0 Å². The van der Waals surface area contributed by atoms with Crippen molar-refractivity contribution in [1.29, 1.82) is 0 Å². The third kappa shape index (κ3) is 4.67. The Morgan fingerprint density at radius 1 is 1.32 bits per heavy atom. The molecular formula is C18H24ClF3N2O. The van der Waals surface area contributed by atoms with Crippen LogP contribution in [0.3, 0.4) is 0 Å². The van der Waals surface area contributed by atoms with Gasteiger partial charge in [-0.15, -0.1) is 12.4 Å². The SMILES string of the molecule is Cl.O=C(CCC1CCNC1)NC1(c2cccc(C(F)(F)F)c2)CCC1. The van der Waals surface area contributed by atoms with Gasteiger partial charge in [0.1, 0.15) is 0 Å². The quantitative estimate of drug-likeness (QED) is 0.815. The van der Waals surface area contributed by atoms with E-state index in [1.807, 2.05) is 0 Å². The van der Waals surface area contributed by atoms with Crippen molar-refractivity contribution in [2.75, 3.05) is 13.1 Å². The van der Waals surface area contributed by atoms with E-state index in [9.17, 15) is 18.0 Å². The Morgan fingerprint density at radius 2 is 2.08 bits per heavy atom. The lowest BCUT2D eigenvalue weighted by Crippen LogP contribution is -2.50. The van der Waals surface area contributed by atoms with Gasteiger partial charge in [0.15, 0.2) is 0 Å². The molecule has 0 spiro atoms. The van der Waals surface area contributed by atoms with Gasteiger partial charge in [0, 0.05) is 6.42 Å². The third-order valence-corrected chi connectivity index (χ3v) is 5.27. The molecule has 140 valence electrons. The zero-order chi connectivity index (χ0) is 17.2. The first-order chi connectivity index (χ1) is 11.4. The van der Waals surface area contributed by atoms with Crippen LogP contribution in [0.25, 0.3) is 0 Å². The normalized spacial score (nSPS) is 22.0. The van der Waals surface area contributed by atoms with Crippen LogP contribution in [0.4, 0.5) is 13.2 Å². The molecule has 2 N–H and O–H groups in total. The van der Waals surface area contributed by atoms with Crippen LogP contribution in [0.2, 0.25) is 0 Å². The fraction of sp³-hybridized carbons (Fsp3) is 0.611. The Hall–Kier alpha value is -1.27. The van der Waals surface area contributed by atoms with Crippen LogP contribution in [0, 0.1) is 5.92 Å². The highest BCUT2D eigenvalue weighted by Crippen LogP contribution is 2.43. The topological polar surface area (TPSA) is 41.1 Å². The number of amides is 1. The molecule has 1 aromatic rings. The summed E-state index contributed by atoms with van der Waals surface area (Å²) in [4.78, 5) is 12.3. The van der Waals surface area contributed by atoms with Crippen molar-refractivity contribution >= 4 is 18.3 Å². The molecule has 1 saturated heterocycles. The predicted octanol–water partition coefficient (Wildman–Crippen LogP) is 4.01. The fourth-order valence-corrected chi connectivity index (χ4v) is 3.63. The first-order valence-corrected chi connectivity index (χ1v) is 8.58. The van der Waals surface area contributed by atoms with Crippen molar-refractivity contribution in [1.82, 2.24) is 10.6 Å². The number of benzene rings is 1. The van der Waals surface area contributed by atoms with Gasteiger partial charge in [-0.25, -0.2) is 0 Å². The Balaban J connectivity index is 0.00000225. The highest BCUT2D eigenvalue weighted by molar-refractivity contribution is 5.85. The summed E-state index contributed by atoms with van der Waals surface area (Å²) in [6.45, 7) is 1.95. The van der Waals surface area contributed by atoms with Crippen LogP contribution in [0.15, 0.2) is 24.3 Å². The second-order valence-electron chi connectivity index (χ2n) is 6.96. The van der Waals surface area contributed by atoms with Crippen LogP contribution in [-0.2, 0) is 16.5 Å². The van der Waals surface area contributed by atoms with E-state index in [1.54, 1.807) is 6.07 Å². The van der Waals surface area contributed by atoms with Gasteiger partial charge in [-0.1, -0.05) is 12.1 Å². The number of nitrogens with one attached hydrogen (secondary N) is 2. The first-order valence-electron chi connectivity index (χ1n) is 8.58. The molecule has 0 bridgehead atoms. The maximum absolute atomic E-state index is 12.9. The van der Waals surface area contributed by atoms with Crippen molar-refractivity contribution in [2.45, 2.75) is 50.2 Å². The van der Waals surface area contributed by atoms with E-state index >= 15 is 0 Å². The lowest BCUT2D eigenvalue weighted by Gasteiger charge is -2.43. The molecule has 2 fully saturated rings. The summed E-state index contributed by atoms with van der Waals surface area (Å²) in [7, 11) is 0. The molecule has 25 heavy (non-hydrogen) atoms. The van der Waals surface area contributed by atoms with Gasteiger partial charge < -0.3 is 10.6 Å². The van der Waals surface area contributed by atoms with Crippen LogP contribution in [0.5, 0.6) is 0 Å². The van der Waals surface area contributed by atoms with Gasteiger partial charge in [-0.3, -0.25) is 4.79 Å². The lowest BCUT2D eigenvalue weighted by molar-refractivity contribution is -0.137. The molecule has 1 atom stereocenters. The molecule has 1 unspecified atom stereocenters. The summed E-state index contributed by atoms with van der Waals surface area (Å²) >= 11 is 0. The second-order valence-corrected chi connectivity index (χ2v) is 6.96. The molecule has 3 nitrogen and oxygen atoms in total. The number of rotatable bonds is 5. The standard InChI is InChI=1S/C18H23F3N2O.ClH/c19-18(20,21)15-4-1-3-14(11-15)17(8-2-9-17)23-16(24)6-5-13-7-10-22-12-13;/h1,3-4,11,13,22H,2,5-10,12H2,(H,23,24);1H. The Labute approximate surface area is 152 Å². The maximum atomic E-state index is 12.9. The van der Waals surface area contributed by atoms with E-state index in [0.717, 1.165) is 38.4 Å². The van der Waals surface area contributed by atoms with E-state index in [0.29, 0.717) is 30.7 Å². The highest BCUT2D eigenvalue weighted by atomic mass is 35.5. The van der Waals surface area contributed by atoms with Crippen molar-refractivity contribution < 1.29 is 18.0 Å². The summed E-state index contributed by atoms with van der Waals surface area (Å²) in [5.41, 5.74) is -0.705. The zero-order valence-electron chi connectivity index (χ0n) is 14.0. The molecule has 7 heteroatoms. The summed E-state index contributed by atoms with van der Waals surface area (Å²) in [5, 5.41) is 6.30. The average molecular weight is 377 g/mol. The highest BCUT2D eigenvalue weighted by Gasteiger charge is 2.41. The van der Waals surface area contributed by atoms with Crippen molar-refractivity contribution in [2.24, 2.45) is 5.92 Å². The smallest absolute Gasteiger partial charge is 0.347 e. The fourth-order valence-electron chi connectivity index (χ4n) is 3.63. The molecule has 1 amide bonds. The number of hydrogen-bond donors (Lipinski definition) is 2. The Kier molecular flexibility index (Phi) is 6.38. The largest absolute Gasteiger partial charge is 0.416 e. The molecule has 1 saturated carbocycles. The lowest BCUT2D eigenvalue weighted by atomic mass is 9.71. The van der Waals surface area contributed by atoms with Crippen LogP contribution in [-0.4, -0.2) is 19.0 Å². The number of hydrogen-bond acceptors (Lipinski definition) is 2. The minimum Gasteiger partial charge on any atom is -0.347 e. The van der Waals surface area contributed by atoms with Gasteiger partial charge in [0.25, 0.3) is 0 Å². The van der Waals surface area contributed by atoms with Gasteiger partial charge >= 0.3 is 6.18 Å². The Bertz CT molecular complexity index is 596. The van der Waals surface area contributed by atoms with E-state index in [2.05, 4.69) is 10.6 Å². The van der Waals surface area contributed by atoms with Gasteiger partial charge in [-0.05, 0) is 68.8 Å². The molecule has 3 rings (SSSR count). The second kappa shape index (κ2) is 7.96.